The predicted octanol–water partition coefficient (Wildman–Crippen LogP) is 8.96. The maximum Gasteiger partial charge on any atom is 0.407 e. The SMILES string of the molecule is CC(C1=C(C(=O)OC(c2ccccc2)c2ccccc2)N2C(=O)C(NC(=O)C(=NOC(F)F)c3csc(NC(c4ccccc4)(c4ccccc4)c4ccccc4)n3)[C@H]2SC1)N1CCCC1. The van der Waals surface area contributed by atoms with E-state index in [0.717, 1.165) is 70.7 Å². The summed E-state index contributed by atoms with van der Waals surface area (Å²) >= 11 is 2.56. The summed E-state index contributed by atoms with van der Waals surface area (Å²) in [6.07, 6.45) is 1.29. The van der Waals surface area contributed by atoms with Gasteiger partial charge in [0.05, 0.1) is 0 Å². The number of nitrogens with one attached hydrogen (secondary N) is 2. The number of hydrogen-bond acceptors (Lipinski definition) is 11. The van der Waals surface area contributed by atoms with Crippen molar-refractivity contribution in [3.05, 3.63) is 202 Å². The molecule has 336 valence electrons. The van der Waals surface area contributed by atoms with Gasteiger partial charge < -0.3 is 20.2 Å². The number of carbonyl (C=O) groups excluding carboxylic acids is 3. The number of amides is 2. The molecule has 9 rings (SSSR count). The molecule has 3 aliphatic rings. The zero-order chi connectivity index (χ0) is 45.6. The van der Waals surface area contributed by atoms with E-state index >= 15 is 0 Å². The Labute approximate surface area is 389 Å². The van der Waals surface area contributed by atoms with Gasteiger partial charge in [0.2, 0.25) is 0 Å². The lowest BCUT2D eigenvalue weighted by molar-refractivity contribution is -0.154. The monoisotopic (exact) mass is 924 g/mol. The van der Waals surface area contributed by atoms with Gasteiger partial charge in [-0.3, -0.25) is 19.4 Å². The summed E-state index contributed by atoms with van der Waals surface area (Å²) in [7, 11) is 0. The molecule has 2 amide bonds. The van der Waals surface area contributed by atoms with E-state index in [1.807, 2.05) is 159 Å². The fraction of sp³-hybridized carbons (Fsp3) is 0.235. The molecule has 2 unspecified atom stereocenters. The van der Waals surface area contributed by atoms with Crippen LogP contribution in [0.15, 0.2) is 173 Å². The summed E-state index contributed by atoms with van der Waals surface area (Å²) in [4.78, 5) is 56.1. The fourth-order valence-electron chi connectivity index (χ4n) is 8.94. The molecule has 3 atom stereocenters. The molecule has 11 nitrogen and oxygen atoms in total. The summed E-state index contributed by atoms with van der Waals surface area (Å²) in [5.41, 5.74) is 3.55. The molecule has 66 heavy (non-hydrogen) atoms. The molecule has 6 aromatic rings. The van der Waals surface area contributed by atoms with Crippen LogP contribution in [0.1, 0.15) is 59.4 Å². The Kier molecular flexibility index (Phi) is 13.4. The third-order valence-electron chi connectivity index (χ3n) is 12.2. The second kappa shape index (κ2) is 19.8. The number of carbonyl (C=O) groups is 3. The molecular formula is C51H46F2N6O5S2. The van der Waals surface area contributed by atoms with Crippen LogP contribution in [-0.4, -0.2) is 81.2 Å². The molecule has 0 bridgehead atoms. The number of thiazole rings is 1. The number of ether oxygens (including phenoxy) is 1. The number of β-lactam (4-membered cyclic amide) rings is 1. The van der Waals surface area contributed by atoms with Crippen molar-refractivity contribution in [2.24, 2.45) is 5.16 Å². The number of halogens is 2. The first-order valence-corrected chi connectivity index (χ1v) is 23.6. The lowest BCUT2D eigenvalue weighted by atomic mass is 9.77. The number of esters is 1. The number of likely N-dealkylation sites (tertiary alicyclic amines) is 1. The quantitative estimate of drug-likeness (QED) is 0.0322. The molecule has 2 fully saturated rings. The van der Waals surface area contributed by atoms with Gasteiger partial charge in [-0.1, -0.05) is 157 Å². The molecule has 0 spiro atoms. The smallest absolute Gasteiger partial charge is 0.407 e. The Morgan fingerprint density at radius 3 is 1.82 bits per heavy atom. The Hall–Kier alpha value is -6.68. The summed E-state index contributed by atoms with van der Waals surface area (Å²) in [5, 5.41) is 11.1. The highest BCUT2D eigenvalue weighted by atomic mass is 32.2. The molecule has 3 aliphatic heterocycles. The molecule has 0 saturated carbocycles. The minimum absolute atomic E-state index is 0.0533. The van der Waals surface area contributed by atoms with E-state index in [-0.39, 0.29) is 17.4 Å². The van der Waals surface area contributed by atoms with Gasteiger partial charge in [-0.25, -0.2) is 9.78 Å². The fourth-order valence-corrected chi connectivity index (χ4v) is 11.1. The number of thioether (sulfide) groups is 1. The minimum atomic E-state index is -3.34. The van der Waals surface area contributed by atoms with Gasteiger partial charge in [-0.05, 0) is 66.2 Å². The van der Waals surface area contributed by atoms with Crippen LogP contribution < -0.4 is 10.6 Å². The minimum Gasteiger partial charge on any atom is -0.448 e. The van der Waals surface area contributed by atoms with Crippen LogP contribution in [0.2, 0.25) is 0 Å². The zero-order valence-electron chi connectivity index (χ0n) is 35.8. The van der Waals surface area contributed by atoms with Crippen molar-refractivity contribution < 1.29 is 32.7 Å². The number of hydrogen-bond donors (Lipinski definition) is 2. The Balaban J connectivity index is 1.01. The average molecular weight is 925 g/mol. The van der Waals surface area contributed by atoms with E-state index in [0.29, 0.717) is 10.9 Å². The highest BCUT2D eigenvalue weighted by Gasteiger charge is 2.55. The van der Waals surface area contributed by atoms with Crippen molar-refractivity contribution in [2.75, 3.05) is 24.2 Å². The maximum absolute atomic E-state index is 14.7. The van der Waals surface area contributed by atoms with Gasteiger partial charge in [0.15, 0.2) is 16.9 Å². The topological polar surface area (TPSA) is 125 Å². The molecule has 5 aromatic carbocycles. The van der Waals surface area contributed by atoms with Crippen molar-refractivity contribution in [3.8, 4) is 0 Å². The normalized spacial score (nSPS) is 18.2. The first-order valence-electron chi connectivity index (χ1n) is 21.7. The summed E-state index contributed by atoms with van der Waals surface area (Å²) < 4.78 is 33.6. The standard InChI is InChI=1S/C51H46F2N6O5S2/c1-33(58-29-17-18-30-58)39-31-65-47-42(46(61)59(47)43(39)48(62)63-44(34-19-7-2-8-20-34)35-21-9-3-10-22-35)55-45(60)41(57-64-49(52)53)40-32-66-50(54-40)56-51(36-23-11-4-12-24-36,37-25-13-5-14-26-37)38-27-15-6-16-28-38/h2-16,19-28,32-33,42,44,47,49H,17-18,29-31H2,1H3,(H,54,56)(H,55,60)/t33?,42?,47-/m1/s1. The van der Waals surface area contributed by atoms with E-state index in [2.05, 4.69) is 25.5 Å². The number of fused-ring (bicyclic) bond motifs is 1. The van der Waals surface area contributed by atoms with Crippen LogP contribution in [0.25, 0.3) is 0 Å². The van der Waals surface area contributed by atoms with Gasteiger partial charge in [0, 0.05) is 17.2 Å². The van der Waals surface area contributed by atoms with Crippen molar-refractivity contribution in [1.29, 1.82) is 0 Å². The number of oxime groups is 1. The zero-order valence-corrected chi connectivity index (χ0v) is 37.5. The third-order valence-corrected chi connectivity index (χ3v) is 14.3. The van der Waals surface area contributed by atoms with Crippen molar-refractivity contribution in [2.45, 2.75) is 55.5 Å². The van der Waals surface area contributed by atoms with Gasteiger partial charge in [-0.15, -0.1) is 23.1 Å². The third kappa shape index (κ3) is 8.98. The Morgan fingerprint density at radius 1 is 0.788 bits per heavy atom. The van der Waals surface area contributed by atoms with Gasteiger partial charge >= 0.3 is 12.6 Å². The van der Waals surface area contributed by atoms with Crippen LogP contribution in [0.3, 0.4) is 0 Å². The number of alkyl halides is 2. The van der Waals surface area contributed by atoms with Crippen LogP contribution >= 0.6 is 23.1 Å². The summed E-state index contributed by atoms with van der Waals surface area (Å²) in [6, 6.07) is 47.0. The highest BCUT2D eigenvalue weighted by molar-refractivity contribution is 8.00. The van der Waals surface area contributed by atoms with Gasteiger partial charge in [-0.2, -0.15) is 8.78 Å². The first kappa shape index (κ1) is 44.5. The Morgan fingerprint density at radius 2 is 1.30 bits per heavy atom. The van der Waals surface area contributed by atoms with Crippen molar-refractivity contribution >= 4 is 51.7 Å². The van der Waals surface area contributed by atoms with Crippen LogP contribution in [0.4, 0.5) is 13.9 Å². The second-order valence-electron chi connectivity index (χ2n) is 16.1. The molecule has 1 aromatic heterocycles. The summed E-state index contributed by atoms with van der Waals surface area (Å²) in [5.74, 6) is -1.79. The number of aromatic nitrogens is 1. The molecule has 4 heterocycles. The maximum atomic E-state index is 14.7. The van der Waals surface area contributed by atoms with Gasteiger partial charge in [0.25, 0.3) is 11.8 Å². The first-order chi connectivity index (χ1) is 32.2. The predicted molar refractivity (Wildman–Crippen MR) is 252 cm³/mol. The van der Waals surface area contributed by atoms with E-state index in [1.54, 1.807) is 0 Å². The lowest BCUT2D eigenvalue weighted by Gasteiger charge is -2.50. The van der Waals surface area contributed by atoms with Gasteiger partial charge in [0.1, 0.15) is 28.3 Å². The van der Waals surface area contributed by atoms with Crippen LogP contribution in [-0.2, 0) is 29.5 Å². The van der Waals surface area contributed by atoms with E-state index in [1.165, 1.54) is 22.0 Å². The van der Waals surface area contributed by atoms with Crippen LogP contribution in [0, 0.1) is 0 Å². The van der Waals surface area contributed by atoms with E-state index in [9.17, 15) is 23.2 Å². The number of nitrogens with zero attached hydrogens (tertiary/aromatic N) is 4. The summed E-state index contributed by atoms with van der Waals surface area (Å²) in [6.45, 7) is 0.404. The Bertz CT molecular complexity index is 2570. The van der Waals surface area contributed by atoms with Crippen LogP contribution in [0.5, 0.6) is 0 Å². The molecule has 2 saturated heterocycles. The second-order valence-corrected chi connectivity index (χ2v) is 18.0. The largest absolute Gasteiger partial charge is 0.448 e. The molecule has 15 heteroatoms. The molecular weight excluding hydrogens is 879 g/mol. The molecule has 2 N–H and O–H groups in total. The van der Waals surface area contributed by atoms with E-state index < -0.39 is 53.2 Å². The molecule has 0 radical (unpaired) electrons. The van der Waals surface area contributed by atoms with E-state index in [4.69, 9.17) is 9.72 Å². The van der Waals surface area contributed by atoms with Crippen molar-refractivity contribution in [1.82, 2.24) is 20.1 Å². The number of rotatable bonds is 16. The number of anilines is 1. The lowest BCUT2D eigenvalue weighted by Crippen LogP contribution is -2.71. The number of benzene rings is 5. The van der Waals surface area contributed by atoms with Crippen molar-refractivity contribution in [3.63, 3.8) is 0 Å². The molecule has 0 aliphatic carbocycles. The highest BCUT2D eigenvalue weighted by Crippen LogP contribution is 2.44. The average Bonchev–Trinajstić information content (AvgIpc) is 4.08.